The number of pyridine rings is 1. The van der Waals surface area contributed by atoms with Crippen LogP contribution in [-0.2, 0) is 28.6 Å². The molecule has 1 aliphatic rings. The molecule has 4 rings (SSSR count). The smallest absolute Gasteiger partial charge is 0.345 e. The summed E-state index contributed by atoms with van der Waals surface area (Å²) in [6.45, 7) is 3.99. The summed E-state index contributed by atoms with van der Waals surface area (Å²) in [5.74, 6) is 0.0746. The Bertz CT molecular complexity index is 1400. The number of carbonyl (C=O) groups is 2. The first-order valence-electron chi connectivity index (χ1n) is 15.2. The van der Waals surface area contributed by atoms with Crippen LogP contribution in [0.1, 0.15) is 36.0 Å². The van der Waals surface area contributed by atoms with Gasteiger partial charge in [0.25, 0.3) is 0 Å². The molecule has 0 saturated carbocycles. The second kappa shape index (κ2) is 14.6. The van der Waals surface area contributed by atoms with Gasteiger partial charge in [-0.25, -0.2) is 0 Å². The van der Waals surface area contributed by atoms with Crippen molar-refractivity contribution in [2.24, 2.45) is 29.0 Å². The molecule has 1 aromatic heterocycles. The number of halogens is 3. The molecule has 0 bridgehead atoms. The van der Waals surface area contributed by atoms with E-state index in [1.165, 1.54) is 12.1 Å². The third-order valence-corrected chi connectivity index (χ3v) is 8.73. The fraction of sp³-hybridized carbons (Fsp3) is 0.485. The van der Waals surface area contributed by atoms with Crippen LogP contribution in [0.2, 0.25) is 0 Å². The van der Waals surface area contributed by atoms with E-state index in [9.17, 15) is 22.8 Å². The number of likely N-dealkylation sites (tertiary alicyclic amines) is 1. The fourth-order valence-electron chi connectivity index (χ4n) is 6.42. The largest absolute Gasteiger partial charge is 0.416 e. The Hall–Kier alpha value is -3.38. The van der Waals surface area contributed by atoms with E-state index < -0.39 is 29.7 Å². The van der Waals surface area contributed by atoms with E-state index in [1.54, 1.807) is 6.20 Å². The molecular weight excluding hydrogens is 569 g/mol. The van der Waals surface area contributed by atoms with Crippen molar-refractivity contribution in [2.75, 3.05) is 39.8 Å². The molecule has 2 heterocycles. The summed E-state index contributed by atoms with van der Waals surface area (Å²) in [6, 6.07) is 12.2. The highest BCUT2D eigenvalue weighted by Crippen LogP contribution is 2.29. The number of nitrogens with zero attached hydrogens (tertiary/aromatic N) is 2. The fourth-order valence-corrected chi connectivity index (χ4v) is 6.42. The zero-order chi connectivity index (χ0) is 31.9. The summed E-state index contributed by atoms with van der Waals surface area (Å²) >= 11 is 0. The quantitative estimate of drug-likeness (QED) is 0.219. The number of carbonyl (C=O) groups excluding carboxylic acids is 2. The number of alkyl halides is 3. The van der Waals surface area contributed by atoms with Gasteiger partial charge in [-0.2, -0.15) is 13.2 Å². The first kappa shape index (κ1) is 33.5. The molecule has 1 fully saturated rings. The highest BCUT2D eigenvalue weighted by Gasteiger charge is 2.36. The van der Waals surface area contributed by atoms with Gasteiger partial charge in [0.15, 0.2) is 5.78 Å². The van der Waals surface area contributed by atoms with E-state index in [1.807, 2.05) is 30.3 Å². The molecule has 2 aromatic carbocycles. The number of ketones is 1. The molecule has 0 aliphatic carbocycles. The van der Waals surface area contributed by atoms with E-state index in [0.717, 1.165) is 53.6 Å². The molecule has 2 unspecified atom stereocenters. The molecule has 7 N–H and O–H groups in total. The van der Waals surface area contributed by atoms with E-state index in [4.69, 9.17) is 17.2 Å². The molecule has 11 heteroatoms. The number of aromatic nitrogens is 1. The van der Waals surface area contributed by atoms with Gasteiger partial charge in [0.1, 0.15) is 0 Å². The molecule has 8 nitrogen and oxygen atoms in total. The minimum absolute atomic E-state index is 0.000885. The predicted octanol–water partition coefficient (Wildman–Crippen LogP) is 3.20. The SMILES string of the molecule is C[N+]1(CCC[C@H](N)C(=O)N[C@@H](Cc2ccc(C(F)(F)F)cc2)C(=O)Cc2cnc3ccccc3c2)CC(CN)CC(CN)C1. The molecule has 4 atom stereocenters. The van der Waals surface area contributed by atoms with Gasteiger partial charge >= 0.3 is 6.18 Å². The minimum atomic E-state index is -4.47. The lowest BCUT2D eigenvalue weighted by atomic mass is 9.87. The number of fused-ring (bicyclic) bond motifs is 1. The third kappa shape index (κ3) is 9.07. The van der Waals surface area contributed by atoms with Crippen molar-refractivity contribution in [3.05, 3.63) is 77.5 Å². The van der Waals surface area contributed by atoms with Crippen LogP contribution in [0.5, 0.6) is 0 Å². The van der Waals surface area contributed by atoms with Crippen LogP contribution in [0.25, 0.3) is 10.9 Å². The highest BCUT2D eigenvalue weighted by atomic mass is 19.4. The first-order chi connectivity index (χ1) is 20.9. The van der Waals surface area contributed by atoms with E-state index in [2.05, 4.69) is 17.3 Å². The molecule has 3 aromatic rings. The topological polar surface area (TPSA) is 137 Å². The van der Waals surface area contributed by atoms with Gasteiger partial charge in [-0.15, -0.1) is 0 Å². The van der Waals surface area contributed by atoms with Crippen molar-refractivity contribution in [3.8, 4) is 0 Å². The number of Topliss-reactive ketones (excluding diaryl/α,β-unsaturated/α-hetero) is 1. The molecule has 0 spiro atoms. The van der Waals surface area contributed by atoms with Crippen LogP contribution in [0.4, 0.5) is 13.2 Å². The third-order valence-electron chi connectivity index (χ3n) is 8.73. The van der Waals surface area contributed by atoms with Gasteiger partial charge in [0.05, 0.1) is 49.8 Å². The summed E-state index contributed by atoms with van der Waals surface area (Å²) in [5, 5.41) is 3.68. The van der Waals surface area contributed by atoms with Crippen molar-refractivity contribution < 1.29 is 27.2 Å². The number of hydrogen-bond acceptors (Lipinski definition) is 6. The summed E-state index contributed by atoms with van der Waals surface area (Å²) in [4.78, 5) is 31.2. The molecule has 0 radical (unpaired) electrons. The normalized spacial score (nSPS) is 22.0. The van der Waals surface area contributed by atoms with Crippen LogP contribution >= 0.6 is 0 Å². The number of piperidine rings is 1. The number of rotatable bonds is 13. The van der Waals surface area contributed by atoms with Crippen molar-refractivity contribution in [1.29, 1.82) is 0 Å². The first-order valence-corrected chi connectivity index (χ1v) is 15.2. The second-order valence-corrected chi connectivity index (χ2v) is 12.5. The summed E-state index contributed by atoms with van der Waals surface area (Å²) in [7, 11) is 2.19. The highest BCUT2D eigenvalue weighted by molar-refractivity contribution is 5.92. The van der Waals surface area contributed by atoms with E-state index >= 15 is 0 Å². The number of benzene rings is 2. The average Bonchev–Trinajstić information content (AvgIpc) is 2.99. The monoisotopic (exact) mass is 613 g/mol. The average molecular weight is 614 g/mol. The zero-order valence-corrected chi connectivity index (χ0v) is 25.2. The summed E-state index contributed by atoms with van der Waals surface area (Å²) in [5.41, 5.74) is 19.4. The molecule has 1 amide bonds. The van der Waals surface area contributed by atoms with Gasteiger partial charge in [0.2, 0.25) is 5.91 Å². The standard InChI is InChI=1S/C33H43F3N6O2/c1-42(20-24(17-37)13-25(18-38)21-42)12-4-6-28(39)32(44)41-30(15-22-8-10-27(11-9-22)33(34,35)36)31(43)16-23-14-26-5-2-3-7-29(26)40-19-23/h2-3,5,7-11,14,19,24-25,28,30H,4,6,12-13,15-18,20-21,37-39H2,1H3/p+1/t24?,25?,28-,30-,42?/m0/s1. The van der Waals surface area contributed by atoms with Crippen molar-refractivity contribution in [2.45, 2.75) is 50.4 Å². The van der Waals surface area contributed by atoms with Crippen molar-refractivity contribution in [1.82, 2.24) is 10.3 Å². The van der Waals surface area contributed by atoms with Crippen molar-refractivity contribution in [3.63, 3.8) is 0 Å². The summed E-state index contributed by atoms with van der Waals surface area (Å²) < 4.78 is 40.1. The molecule has 1 saturated heterocycles. The maximum absolute atomic E-state index is 13.5. The Morgan fingerprint density at radius 1 is 1.02 bits per heavy atom. The van der Waals surface area contributed by atoms with E-state index in [-0.39, 0.29) is 18.6 Å². The van der Waals surface area contributed by atoms with Crippen LogP contribution in [0.3, 0.4) is 0 Å². The number of nitrogens with two attached hydrogens (primary N) is 3. The van der Waals surface area contributed by atoms with Gasteiger partial charge in [-0.3, -0.25) is 14.6 Å². The number of quaternary nitrogens is 1. The van der Waals surface area contributed by atoms with Gasteiger partial charge in [-0.05, 0) is 61.1 Å². The van der Waals surface area contributed by atoms with Crippen LogP contribution < -0.4 is 22.5 Å². The van der Waals surface area contributed by atoms with Gasteiger partial charge in [-0.1, -0.05) is 30.3 Å². The zero-order valence-electron chi connectivity index (χ0n) is 25.2. The second-order valence-electron chi connectivity index (χ2n) is 12.5. The Balaban J connectivity index is 1.42. The summed E-state index contributed by atoms with van der Waals surface area (Å²) in [6.07, 6.45) is -0.646. The number of amides is 1. The maximum atomic E-state index is 13.5. The Kier molecular flexibility index (Phi) is 11.1. The molecule has 1 aliphatic heterocycles. The molecular formula is C33H44F3N6O2+. The minimum Gasteiger partial charge on any atom is -0.345 e. The van der Waals surface area contributed by atoms with Crippen molar-refractivity contribution >= 4 is 22.6 Å². The maximum Gasteiger partial charge on any atom is 0.416 e. The van der Waals surface area contributed by atoms with Gasteiger partial charge in [0, 0.05) is 42.9 Å². The van der Waals surface area contributed by atoms with Crippen LogP contribution in [0.15, 0.2) is 60.8 Å². The Morgan fingerprint density at radius 2 is 1.68 bits per heavy atom. The van der Waals surface area contributed by atoms with Crippen LogP contribution in [0, 0.1) is 11.8 Å². The lowest BCUT2D eigenvalue weighted by molar-refractivity contribution is -0.921. The molecule has 44 heavy (non-hydrogen) atoms. The van der Waals surface area contributed by atoms with Gasteiger partial charge < -0.3 is 27.0 Å². The predicted molar refractivity (Wildman–Crippen MR) is 165 cm³/mol. The Labute approximate surface area is 256 Å². The number of hydrogen-bond donors (Lipinski definition) is 4. The lowest BCUT2D eigenvalue weighted by Gasteiger charge is -2.44. The Morgan fingerprint density at radius 3 is 2.32 bits per heavy atom. The number of para-hydroxylation sites is 1. The van der Waals surface area contributed by atoms with E-state index in [0.29, 0.717) is 48.9 Å². The van der Waals surface area contributed by atoms with Crippen LogP contribution in [-0.4, -0.2) is 73.0 Å². The molecule has 238 valence electrons. The number of nitrogens with one attached hydrogen (secondary N) is 1. The lowest BCUT2D eigenvalue weighted by Crippen LogP contribution is -2.57.